The SMILES string of the molecule is C[C@H](C(=O)OCc1ccccc1)N(C(=O)OC(C)(C)C)N1C(=O)c2ccccc2C1=O. The minimum atomic E-state index is -1.29. The van der Waals surface area contributed by atoms with E-state index < -0.39 is 35.5 Å². The summed E-state index contributed by atoms with van der Waals surface area (Å²) in [5.41, 5.74) is 0.131. The Kier molecular flexibility index (Phi) is 6.10. The molecule has 0 spiro atoms. The number of ether oxygens (including phenoxy) is 2. The molecule has 0 fully saturated rings. The minimum Gasteiger partial charge on any atom is -0.459 e. The van der Waals surface area contributed by atoms with Crippen molar-refractivity contribution in [1.82, 2.24) is 10.0 Å². The molecule has 1 heterocycles. The minimum absolute atomic E-state index is 0.0196. The van der Waals surface area contributed by atoms with Crippen LogP contribution < -0.4 is 0 Å². The van der Waals surface area contributed by atoms with Crippen molar-refractivity contribution in [2.45, 2.75) is 45.9 Å². The van der Waals surface area contributed by atoms with Crippen LogP contribution in [0.3, 0.4) is 0 Å². The van der Waals surface area contributed by atoms with Crippen LogP contribution >= 0.6 is 0 Å². The number of fused-ring (bicyclic) bond motifs is 1. The lowest BCUT2D eigenvalue weighted by Gasteiger charge is -2.34. The van der Waals surface area contributed by atoms with E-state index in [9.17, 15) is 19.2 Å². The second kappa shape index (κ2) is 8.59. The smallest absolute Gasteiger partial charge is 0.430 e. The predicted octanol–water partition coefficient (Wildman–Crippen LogP) is 3.57. The molecule has 2 aromatic rings. The van der Waals surface area contributed by atoms with Gasteiger partial charge in [-0.15, -0.1) is 0 Å². The molecular formula is C23H24N2O6. The topological polar surface area (TPSA) is 93.2 Å². The molecule has 0 N–H and O–H groups in total. The molecular weight excluding hydrogens is 400 g/mol. The summed E-state index contributed by atoms with van der Waals surface area (Å²) >= 11 is 0. The van der Waals surface area contributed by atoms with Crippen LogP contribution in [0.15, 0.2) is 54.6 Å². The first-order valence-electron chi connectivity index (χ1n) is 9.80. The van der Waals surface area contributed by atoms with Crippen LogP contribution in [0.25, 0.3) is 0 Å². The van der Waals surface area contributed by atoms with Crippen LogP contribution in [-0.2, 0) is 20.9 Å². The fourth-order valence-corrected chi connectivity index (χ4v) is 3.04. The number of rotatable bonds is 5. The van der Waals surface area contributed by atoms with Crippen molar-refractivity contribution in [2.24, 2.45) is 0 Å². The van der Waals surface area contributed by atoms with Gasteiger partial charge in [-0.3, -0.25) is 9.59 Å². The number of benzene rings is 2. The molecule has 2 aromatic carbocycles. The van der Waals surface area contributed by atoms with Gasteiger partial charge in [0.25, 0.3) is 11.8 Å². The number of amides is 3. The van der Waals surface area contributed by atoms with Crippen molar-refractivity contribution in [3.63, 3.8) is 0 Å². The zero-order chi connectivity index (χ0) is 22.8. The largest absolute Gasteiger partial charge is 0.459 e. The predicted molar refractivity (Wildman–Crippen MR) is 111 cm³/mol. The van der Waals surface area contributed by atoms with Gasteiger partial charge in [0.15, 0.2) is 6.04 Å². The fraction of sp³-hybridized carbons (Fsp3) is 0.304. The first-order chi connectivity index (χ1) is 14.6. The molecule has 0 radical (unpaired) electrons. The first kappa shape index (κ1) is 22.0. The van der Waals surface area contributed by atoms with Gasteiger partial charge < -0.3 is 9.47 Å². The molecule has 0 saturated carbocycles. The Hall–Kier alpha value is -3.68. The summed E-state index contributed by atoms with van der Waals surface area (Å²) in [6.45, 7) is 6.28. The van der Waals surface area contributed by atoms with Crippen LogP contribution in [0.5, 0.6) is 0 Å². The number of esters is 1. The zero-order valence-corrected chi connectivity index (χ0v) is 17.8. The van der Waals surface area contributed by atoms with Gasteiger partial charge in [-0.25, -0.2) is 9.59 Å². The Balaban J connectivity index is 1.88. The van der Waals surface area contributed by atoms with Gasteiger partial charge in [-0.05, 0) is 45.4 Å². The van der Waals surface area contributed by atoms with E-state index >= 15 is 0 Å². The highest BCUT2D eigenvalue weighted by Gasteiger charge is 2.46. The summed E-state index contributed by atoms with van der Waals surface area (Å²) in [7, 11) is 0. The normalized spacial score (nSPS) is 14.1. The number of carbonyl (C=O) groups excluding carboxylic acids is 4. The van der Waals surface area contributed by atoms with Gasteiger partial charge in [0, 0.05) is 0 Å². The lowest BCUT2D eigenvalue weighted by Crippen LogP contribution is -2.57. The summed E-state index contributed by atoms with van der Waals surface area (Å²) in [5.74, 6) is -2.21. The lowest BCUT2D eigenvalue weighted by atomic mass is 10.1. The Morgan fingerprint density at radius 3 is 1.97 bits per heavy atom. The molecule has 8 nitrogen and oxygen atoms in total. The molecule has 162 valence electrons. The summed E-state index contributed by atoms with van der Waals surface area (Å²) in [5, 5.41) is 1.37. The van der Waals surface area contributed by atoms with Gasteiger partial charge in [-0.2, -0.15) is 10.0 Å². The quantitative estimate of drug-likeness (QED) is 0.538. The van der Waals surface area contributed by atoms with Crippen LogP contribution in [0.4, 0.5) is 4.79 Å². The molecule has 3 amide bonds. The van der Waals surface area contributed by atoms with Crippen molar-refractivity contribution in [1.29, 1.82) is 0 Å². The van der Waals surface area contributed by atoms with Gasteiger partial charge in [0.2, 0.25) is 0 Å². The summed E-state index contributed by atoms with van der Waals surface area (Å²) in [6.07, 6.45) is -1.01. The summed E-state index contributed by atoms with van der Waals surface area (Å²) < 4.78 is 10.7. The Morgan fingerprint density at radius 2 is 1.45 bits per heavy atom. The molecule has 0 bridgehead atoms. The highest BCUT2D eigenvalue weighted by Crippen LogP contribution is 2.27. The number of imide groups is 1. The van der Waals surface area contributed by atoms with Crippen molar-refractivity contribution >= 4 is 23.9 Å². The molecule has 3 rings (SSSR count). The third kappa shape index (κ3) is 4.74. The third-order valence-electron chi connectivity index (χ3n) is 4.50. The standard InChI is InChI=1S/C23H24N2O6/c1-15(21(28)30-14-16-10-6-5-7-11-16)24(22(29)31-23(2,3)4)25-19(26)17-12-8-9-13-18(17)20(25)27/h5-13,15H,14H2,1-4H3/t15-/m1/s1. The van der Waals surface area contributed by atoms with E-state index in [1.165, 1.54) is 19.1 Å². The zero-order valence-electron chi connectivity index (χ0n) is 17.8. The Morgan fingerprint density at radius 1 is 0.935 bits per heavy atom. The molecule has 1 atom stereocenters. The number of hydrogen-bond acceptors (Lipinski definition) is 6. The van der Waals surface area contributed by atoms with Crippen LogP contribution in [0.2, 0.25) is 0 Å². The van der Waals surface area contributed by atoms with Crippen molar-refractivity contribution in [3.8, 4) is 0 Å². The molecule has 1 aliphatic heterocycles. The number of hydrazine groups is 1. The molecule has 0 aliphatic carbocycles. The van der Waals surface area contributed by atoms with Crippen LogP contribution in [0, 0.1) is 0 Å². The summed E-state index contributed by atoms with van der Waals surface area (Å²) in [6, 6.07) is 13.9. The highest BCUT2D eigenvalue weighted by atomic mass is 16.6. The summed E-state index contributed by atoms with van der Waals surface area (Å²) in [4.78, 5) is 51.6. The van der Waals surface area contributed by atoms with Crippen LogP contribution in [0.1, 0.15) is 54.0 Å². The second-order valence-corrected chi connectivity index (χ2v) is 8.06. The third-order valence-corrected chi connectivity index (χ3v) is 4.50. The molecule has 0 aromatic heterocycles. The number of nitrogens with zero attached hydrogens (tertiary/aromatic N) is 2. The van der Waals surface area contributed by atoms with Gasteiger partial charge in [-0.1, -0.05) is 42.5 Å². The van der Waals surface area contributed by atoms with Gasteiger partial charge >= 0.3 is 12.1 Å². The maximum Gasteiger partial charge on any atom is 0.430 e. The first-order valence-corrected chi connectivity index (χ1v) is 9.80. The number of carbonyl (C=O) groups is 4. The van der Waals surface area contributed by atoms with Gasteiger partial charge in [0.05, 0.1) is 11.1 Å². The number of hydrogen-bond donors (Lipinski definition) is 0. The maximum absolute atomic E-state index is 13.0. The monoisotopic (exact) mass is 424 g/mol. The Bertz CT molecular complexity index is 977. The molecule has 0 saturated heterocycles. The molecule has 1 aliphatic rings. The van der Waals surface area contributed by atoms with Crippen molar-refractivity contribution < 1.29 is 28.7 Å². The van der Waals surface area contributed by atoms with Gasteiger partial charge in [0.1, 0.15) is 12.2 Å². The lowest BCUT2D eigenvalue weighted by molar-refractivity contribution is -0.154. The van der Waals surface area contributed by atoms with E-state index in [1.807, 2.05) is 6.07 Å². The van der Waals surface area contributed by atoms with E-state index in [4.69, 9.17) is 9.47 Å². The second-order valence-electron chi connectivity index (χ2n) is 8.06. The van der Waals surface area contributed by atoms with Crippen molar-refractivity contribution in [2.75, 3.05) is 0 Å². The highest BCUT2D eigenvalue weighted by molar-refractivity contribution is 6.21. The molecule has 0 unspecified atom stereocenters. The fourth-order valence-electron chi connectivity index (χ4n) is 3.04. The van der Waals surface area contributed by atoms with E-state index in [0.29, 0.717) is 5.01 Å². The van der Waals surface area contributed by atoms with E-state index in [-0.39, 0.29) is 17.7 Å². The average molecular weight is 424 g/mol. The Labute approximate surface area is 180 Å². The average Bonchev–Trinajstić information content (AvgIpc) is 2.97. The van der Waals surface area contributed by atoms with Crippen LogP contribution in [-0.4, -0.2) is 45.5 Å². The van der Waals surface area contributed by atoms with E-state index in [1.54, 1.807) is 57.2 Å². The van der Waals surface area contributed by atoms with E-state index in [0.717, 1.165) is 10.6 Å². The maximum atomic E-state index is 13.0. The van der Waals surface area contributed by atoms with E-state index in [2.05, 4.69) is 0 Å². The van der Waals surface area contributed by atoms with Crippen molar-refractivity contribution in [3.05, 3.63) is 71.3 Å². The molecule has 8 heteroatoms. The molecule has 31 heavy (non-hydrogen) atoms.